The second-order valence-corrected chi connectivity index (χ2v) is 19.6. The Hall–Kier alpha value is -7.13. The third-order valence-electron chi connectivity index (χ3n) is 13.5. The normalized spacial score (nSPS) is 23.2. The molecule has 69 heavy (non-hydrogen) atoms. The number of carbonyl (C=O) groups is 5. The van der Waals surface area contributed by atoms with Gasteiger partial charge < -0.3 is 40.9 Å². The molecule has 0 radical (unpaired) electrons. The van der Waals surface area contributed by atoms with Gasteiger partial charge in [0.25, 0.3) is 12.5 Å². The van der Waals surface area contributed by atoms with Crippen LogP contribution in [0, 0.1) is 12.5 Å². The van der Waals surface area contributed by atoms with Gasteiger partial charge in [-0.25, -0.2) is 9.98 Å². The van der Waals surface area contributed by atoms with E-state index in [-0.39, 0.29) is 66.0 Å². The number of benzene rings is 1. The lowest BCUT2D eigenvalue weighted by Gasteiger charge is -2.41. The molecular weight excluding hydrogens is 877 g/mol. The third-order valence-corrected chi connectivity index (χ3v) is 13.5. The number of nitrogens with zero attached hydrogens (tertiary/aromatic N) is 7. The summed E-state index contributed by atoms with van der Waals surface area (Å²) >= 11 is 0. The Morgan fingerprint density at radius 1 is 0.971 bits per heavy atom. The fourth-order valence-electron chi connectivity index (χ4n) is 9.73. The minimum atomic E-state index is -0.764. The zero-order chi connectivity index (χ0) is 48.7. The van der Waals surface area contributed by atoms with E-state index in [1.807, 2.05) is 51.1 Å². The number of imide groups is 1. The lowest BCUT2D eigenvalue weighted by atomic mass is 9.88. The molecule has 4 aliphatic heterocycles. The highest BCUT2D eigenvalue weighted by atomic mass is 16.5. The quantitative estimate of drug-likeness (QED) is 0.174. The van der Waals surface area contributed by atoms with Gasteiger partial charge in [-0.3, -0.25) is 29.3 Å². The van der Waals surface area contributed by atoms with Gasteiger partial charge in [0, 0.05) is 69.1 Å². The minimum absolute atomic E-state index is 0.0115. The van der Waals surface area contributed by atoms with Crippen molar-refractivity contribution in [2.75, 3.05) is 42.9 Å². The lowest BCUT2D eigenvalue weighted by molar-refractivity contribution is -0.134. The van der Waals surface area contributed by atoms with E-state index in [9.17, 15) is 24.0 Å². The number of piperidine rings is 2. The number of anilines is 2. The van der Waals surface area contributed by atoms with E-state index in [4.69, 9.17) is 16.8 Å². The molecule has 5 amide bonds. The van der Waals surface area contributed by atoms with Crippen LogP contribution in [0.25, 0.3) is 10.5 Å². The van der Waals surface area contributed by atoms with Crippen LogP contribution in [0.4, 0.5) is 11.5 Å². The van der Waals surface area contributed by atoms with Gasteiger partial charge in [0.15, 0.2) is 17.4 Å². The average molecular weight is 940 g/mol. The van der Waals surface area contributed by atoms with E-state index in [1.54, 1.807) is 24.5 Å². The van der Waals surface area contributed by atoms with Crippen LogP contribution in [0.5, 0.6) is 0 Å². The van der Waals surface area contributed by atoms with Gasteiger partial charge in [0.2, 0.25) is 23.6 Å². The van der Waals surface area contributed by atoms with Crippen LogP contribution in [0.1, 0.15) is 112 Å². The zero-order valence-electron chi connectivity index (χ0n) is 39.7. The first-order valence-electron chi connectivity index (χ1n) is 24.1. The molecule has 3 fully saturated rings. The summed E-state index contributed by atoms with van der Waals surface area (Å²) in [5.74, 6) is 0.292. The molecule has 0 spiro atoms. The fourth-order valence-corrected chi connectivity index (χ4v) is 9.73. The number of carbonyl (C=O) groups excluding carboxylic acids is 5. The molecular formula is C51H63N12O6+. The monoisotopic (exact) mass is 939 g/mol. The van der Waals surface area contributed by atoms with E-state index < -0.39 is 17.9 Å². The summed E-state index contributed by atoms with van der Waals surface area (Å²) in [6.07, 6.45) is 14.8. The summed E-state index contributed by atoms with van der Waals surface area (Å²) in [5, 5.41) is 15.1. The lowest BCUT2D eigenvalue weighted by Crippen LogP contribution is -2.52. The van der Waals surface area contributed by atoms with Crippen molar-refractivity contribution in [3.8, 4) is 6.57 Å². The Bertz CT molecular complexity index is 2580. The molecule has 18 heteroatoms. The fraction of sp³-hybridized carbons (Fsp3) is 0.471. The van der Waals surface area contributed by atoms with E-state index in [0.717, 1.165) is 87.2 Å². The molecule has 2 saturated heterocycles. The van der Waals surface area contributed by atoms with Crippen LogP contribution in [0.2, 0.25) is 0 Å². The standard InChI is InChI=1S/C51H62N12O6/c1-51(2,3)41-28-42(60-69-41)58-45(66)26-32-11-13-34(14-12-32)46(53-4)47-48(52)55-30-38-9-5-6-22-61(23-21-44(65)56-35-8-7-10-36(27-35)63(38)47)31-33-19-24-62(25-20-33)37-15-16-39(54-29-37)49(67)57-40-17-18-43(64)59-50(40)68/h4-5,9,11-16,28-30,33,35-36,40H,6-8,10,17-27,31H2,1-3H3,(H5-,52,55,56,57,58,59,60,64,65,66,67,68)/p+1/b9-5+,47-46-/t35-,36?,40?/m1/s1. The highest BCUT2D eigenvalue weighted by molar-refractivity contribution is 6.06. The molecule has 1 aromatic carbocycles. The number of pyridine rings is 1. The number of nitrogens with one attached hydrogen (secondary N) is 4. The van der Waals surface area contributed by atoms with Gasteiger partial charge in [0.05, 0.1) is 35.8 Å². The summed E-state index contributed by atoms with van der Waals surface area (Å²) < 4.78 is 5.42. The van der Waals surface area contributed by atoms with Gasteiger partial charge in [0.1, 0.15) is 17.5 Å². The van der Waals surface area contributed by atoms with Crippen LogP contribution < -0.4 is 31.9 Å². The average Bonchev–Trinajstić information content (AvgIpc) is 3.81. The largest absolute Gasteiger partial charge is 0.382 e. The van der Waals surface area contributed by atoms with Crippen LogP contribution in [-0.4, -0.2) is 106 Å². The van der Waals surface area contributed by atoms with Crippen molar-refractivity contribution in [1.29, 1.82) is 0 Å². The molecule has 2 bridgehead atoms. The summed E-state index contributed by atoms with van der Waals surface area (Å²) in [7, 11) is 0. The Morgan fingerprint density at radius 2 is 1.77 bits per heavy atom. The highest BCUT2D eigenvalue weighted by Gasteiger charge is 2.38. The molecule has 362 valence electrons. The molecule has 18 nitrogen and oxygen atoms in total. The number of aliphatic imine (C=N–C) groups is 1. The molecule has 5 aliphatic rings. The molecule has 8 rings (SSSR count). The van der Waals surface area contributed by atoms with Gasteiger partial charge in [-0.05, 0) is 98.0 Å². The van der Waals surface area contributed by atoms with Crippen molar-refractivity contribution < 1.29 is 28.5 Å². The van der Waals surface area contributed by atoms with E-state index in [1.165, 1.54) is 0 Å². The van der Waals surface area contributed by atoms with E-state index in [0.29, 0.717) is 48.3 Å². The first-order chi connectivity index (χ1) is 33.2. The summed E-state index contributed by atoms with van der Waals surface area (Å²) in [6.45, 7) is 16.2. The third kappa shape index (κ3) is 12.1. The number of amidine groups is 1. The number of fused-ring (bicyclic) bond motifs is 4. The van der Waals surface area contributed by atoms with Crippen molar-refractivity contribution in [2.45, 2.75) is 115 Å². The van der Waals surface area contributed by atoms with E-state index in [2.05, 4.69) is 68.1 Å². The molecule has 1 aliphatic carbocycles. The number of allylic oxidation sites excluding steroid dienone is 1. The predicted octanol–water partition coefficient (Wildman–Crippen LogP) is 5.22. The molecule has 2 aromatic heterocycles. The van der Waals surface area contributed by atoms with Crippen molar-refractivity contribution in [3.05, 3.63) is 106 Å². The van der Waals surface area contributed by atoms with Gasteiger partial charge >= 0.3 is 5.70 Å². The summed E-state index contributed by atoms with van der Waals surface area (Å²) in [6, 6.07) is 12.0. The minimum Gasteiger partial charge on any atom is -0.382 e. The maximum Gasteiger partial charge on any atom is 0.374 e. The Kier molecular flexibility index (Phi) is 15.0. The zero-order valence-corrected chi connectivity index (χ0v) is 39.7. The molecule has 6 heterocycles. The SMILES string of the molecule is C#[N+]/C(=C1/C(N)=NC=C2/C=C/CCN(CC3CCN(c4ccc(C(=O)NC5CCC(=O)NC5=O)nc4)CC3)CCC(=O)N[C@@H]3CCCC(C3)N21)c1ccc(CC(=O)Nc2cc(C(C)(C)C)on2)cc1. The van der Waals surface area contributed by atoms with Gasteiger partial charge in [-0.15, -0.1) is 0 Å². The maximum atomic E-state index is 13.6. The van der Waals surface area contributed by atoms with E-state index >= 15 is 0 Å². The second kappa shape index (κ2) is 21.4. The van der Waals surface area contributed by atoms with Crippen molar-refractivity contribution in [3.63, 3.8) is 0 Å². The molecule has 6 N–H and O–H groups in total. The number of rotatable bonds is 9. The number of amides is 5. The second-order valence-electron chi connectivity index (χ2n) is 19.6. The Morgan fingerprint density at radius 3 is 2.48 bits per heavy atom. The first-order valence-corrected chi connectivity index (χ1v) is 24.1. The molecule has 1 saturated carbocycles. The van der Waals surface area contributed by atoms with Crippen molar-refractivity contribution in [1.82, 2.24) is 35.9 Å². The number of hydrogen-bond donors (Lipinski definition) is 5. The van der Waals surface area contributed by atoms with Crippen LogP contribution in [-0.2, 0) is 31.0 Å². The highest BCUT2D eigenvalue weighted by Crippen LogP contribution is 2.36. The predicted molar refractivity (Wildman–Crippen MR) is 263 cm³/mol. The van der Waals surface area contributed by atoms with Crippen LogP contribution >= 0.6 is 0 Å². The maximum absolute atomic E-state index is 13.6. The number of aromatic nitrogens is 2. The van der Waals surface area contributed by atoms with Gasteiger partial charge in [-0.2, -0.15) is 0 Å². The first kappa shape index (κ1) is 48.3. The van der Waals surface area contributed by atoms with Crippen molar-refractivity contribution in [2.24, 2.45) is 16.6 Å². The molecule has 3 atom stereocenters. The smallest absolute Gasteiger partial charge is 0.374 e. The summed E-state index contributed by atoms with van der Waals surface area (Å²) in [5.41, 5.74) is 11.1. The Labute approximate surface area is 402 Å². The molecule has 2 unspecified atom stereocenters. The Balaban J connectivity index is 0.911. The molecule has 3 aromatic rings. The van der Waals surface area contributed by atoms with Crippen molar-refractivity contribution >= 4 is 52.6 Å². The van der Waals surface area contributed by atoms with Gasteiger partial charge in [-0.1, -0.05) is 44.1 Å². The van der Waals surface area contributed by atoms with Crippen LogP contribution in [0.15, 0.2) is 87.9 Å². The number of nitrogens with two attached hydrogens (primary N) is 1. The topological polar surface area (TPSA) is 225 Å². The number of hydrogen-bond acceptors (Lipinski definition) is 13. The van der Waals surface area contributed by atoms with Crippen LogP contribution in [0.3, 0.4) is 0 Å². The summed E-state index contributed by atoms with van der Waals surface area (Å²) in [4.78, 5) is 83.2.